The summed E-state index contributed by atoms with van der Waals surface area (Å²) in [5.41, 5.74) is 5.15. The predicted octanol–water partition coefficient (Wildman–Crippen LogP) is 1.46. The maximum absolute atomic E-state index is 12.0. The Morgan fingerprint density at radius 2 is 2.10 bits per heavy atom. The molecule has 0 unspecified atom stereocenters. The average Bonchev–Trinajstić information content (AvgIpc) is 2.79. The maximum Gasteiger partial charge on any atom is 0.270 e. The lowest BCUT2D eigenvalue weighted by atomic mass is 9.94. The van der Waals surface area contributed by atoms with Gasteiger partial charge in [0.15, 0.2) is 0 Å². The van der Waals surface area contributed by atoms with Gasteiger partial charge in [0.1, 0.15) is 5.69 Å². The van der Waals surface area contributed by atoms with Crippen molar-refractivity contribution in [1.82, 2.24) is 10.3 Å². The van der Waals surface area contributed by atoms with Crippen molar-refractivity contribution in [2.75, 3.05) is 13.1 Å². The Bertz CT molecular complexity index is 439. The van der Waals surface area contributed by atoms with E-state index in [0.717, 1.165) is 30.7 Å². The Morgan fingerprint density at radius 1 is 1.40 bits per heavy atom. The Labute approximate surface area is 123 Å². The van der Waals surface area contributed by atoms with E-state index in [4.69, 9.17) is 5.73 Å². The molecule has 0 aromatic carbocycles. The second-order valence-corrected chi connectivity index (χ2v) is 6.43. The fraction of sp³-hybridized carbons (Fsp3) is 0.714. The molecule has 0 aliphatic heterocycles. The van der Waals surface area contributed by atoms with Crippen molar-refractivity contribution in [2.24, 2.45) is 5.73 Å². The molecule has 1 aromatic rings. The van der Waals surface area contributed by atoms with Crippen LogP contribution in [-0.4, -0.2) is 34.7 Å². The number of rotatable bonds is 5. The number of nitrogens with one attached hydrogen (secondary N) is 1. The van der Waals surface area contributed by atoms with Crippen molar-refractivity contribution in [2.45, 2.75) is 50.5 Å². The summed E-state index contributed by atoms with van der Waals surface area (Å²) in [6, 6.07) is 0. The third-order valence-electron chi connectivity index (χ3n) is 3.75. The van der Waals surface area contributed by atoms with Gasteiger partial charge in [0, 0.05) is 18.3 Å². The molecular weight excluding hydrogens is 274 g/mol. The summed E-state index contributed by atoms with van der Waals surface area (Å²) in [6.45, 7) is 0.851. The SMILES string of the molecule is NCCc1nc(C(=O)NCC2(O)CCCCCC2)cs1. The topological polar surface area (TPSA) is 88.2 Å². The van der Waals surface area contributed by atoms with Gasteiger partial charge in [0.2, 0.25) is 0 Å². The third kappa shape index (κ3) is 4.26. The van der Waals surface area contributed by atoms with E-state index >= 15 is 0 Å². The maximum atomic E-state index is 12.0. The Morgan fingerprint density at radius 3 is 2.75 bits per heavy atom. The fourth-order valence-corrected chi connectivity index (χ4v) is 3.35. The van der Waals surface area contributed by atoms with Crippen molar-refractivity contribution < 1.29 is 9.90 Å². The number of nitrogens with two attached hydrogens (primary N) is 1. The molecule has 112 valence electrons. The summed E-state index contributed by atoms with van der Waals surface area (Å²) in [5, 5.41) is 15.9. The van der Waals surface area contributed by atoms with E-state index < -0.39 is 5.60 Å². The van der Waals surface area contributed by atoms with Gasteiger partial charge in [0.05, 0.1) is 10.6 Å². The number of aliphatic hydroxyl groups is 1. The molecule has 6 heteroatoms. The number of amides is 1. The van der Waals surface area contributed by atoms with Crippen molar-refractivity contribution >= 4 is 17.2 Å². The lowest BCUT2D eigenvalue weighted by Gasteiger charge is -2.26. The Balaban J connectivity index is 1.87. The fourth-order valence-electron chi connectivity index (χ4n) is 2.55. The molecule has 1 aliphatic carbocycles. The number of aromatic nitrogens is 1. The van der Waals surface area contributed by atoms with Crippen LogP contribution in [0.4, 0.5) is 0 Å². The van der Waals surface area contributed by atoms with Crippen LogP contribution in [-0.2, 0) is 6.42 Å². The largest absolute Gasteiger partial charge is 0.388 e. The van der Waals surface area contributed by atoms with Crippen LogP contribution >= 0.6 is 11.3 Å². The number of thiazole rings is 1. The molecule has 20 heavy (non-hydrogen) atoms. The smallest absolute Gasteiger partial charge is 0.270 e. The molecular formula is C14H23N3O2S. The molecule has 5 nitrogen and oxygen atoms in total. The first-order valence-electron chi connectivity index (χ1n) is 7.28. The highest BCUT2D eigenvalue weighted by molar-refractivity contribution is 7.09. The van der Waals surface area contributed by atoms with Crippen LogP contribution in [0.1, 0.15) is 54.0 Å². The molecule has 1 saturated carbocycles. The van der Waals surface area contributed by atoms with E-state index in [0.29, 0.717) is 25.2 Å². The zero-order chi connectivity index (χ0) is 14.4. The molecule has 1 heterocycles. The first kappa shape index (κ1) is 15.4. The first-order chi connectivity index (χ1) is 9.63. The second kappa shape index (κ2) is 7.15. The van der Waals surface area contributed by atoms with Gasteiger partial charge in [-0.2, -0.15) is 0 Å². The van der Waals surface area contributed by atoms with Crippen molar-refractivity contribution in [3.8, 4) is 0 Å². The molecule has 4 N–H and O–H groups in total. The van der Waals surface area contributed by atoms with Gasteiger partial charge >= 0.3 is 0 Å². The molecule has 1 amide bonds. The molecule has 1 aliphatic rings. The van der Waals surface area contributed by atoms with Crippen LogP contribution in [0.2, 0.25) is 0 Å². The van der Waals surface area contributed by atoms with Crippen LogP contribution in [0.25, 0.3) is 0 Å². The van der Waals surface area contributed by atoms with E-state index in [-0.39, 0.29) is 5.91 Å². The molecule has 0 spiro atoms. The van der Waals surface area contributed by atoms with Crippen LogP contribution in [0, 0.1) is 0 Å². The molecule has 0 saturated heterocycles. The normalized spacial score (nSPS) is 18.5. The summed E-state index contributed by atoms with van der Waals surface area (Å²) in [5.74, 6) is -0.206. The first-order valence-corrected chi connectivity index (χ1v) is 8.16. The number of carbonyl (C=O) groups is 1. The highest BCUT2D eigenvalue weighted by atomic mass is 32.1. The highest BCUT2D eigenvalue weighted by Gasteiger charge is 2.28. The second-order valence-electron chi connectivity index (χ2n) is 5.49. The van der Waals surface area contributed by atoms with Gasteiger partial charge in [0.25, 0.3) is 5.91 Å². The lowest BCUT2D eigenvalue weighted by molar-refractivity contribution is 0.0246. The molecule has 2 rings (SSSR count). The van der Waals surface area contributed by atoms with Gasteiger partial charge in [-0.3, -0.25) is 4.79 Å². The molecule has 1 aromatic heterocycles. The molecule has 1 fully saturated rings. The molecule has 0 radical (unpaired) electrons. The molecule has 0 atom stereocenters. The number of hydrogen-bond acceptors (Lipinski definition) is 5. The Hall–Kier alpha value is -0.980. The standard InChI is InChI=1S/C14H23N3O2S/c15-8-5-12-17-11(9-20-12)13(18)16-10-14(19)6-3-1-2-4-7-14/h9,19H,1-8,10,15H2,(H,16,18). The van der Waals surface area contributed by atoms with E-state index in [2.05, 4.69) is 10.3 Å². The van der Waals surface area contributed by atoms with E-state index in [1.54, 1.807) is 5.38 Å². The van der Waals surface area contributed by atoms with Gasteiger partial charge < -0.3 is 16.2 Å². The van der Waals surface area contributed by atoms with Gasteiger partial charge in [-0.05, 0) is 19.4 Å². The van der Waals surface area contributed by atoms with Gasteiger partial charge in [-0.15, -0.1) is 11.3 Å². The van der Waals surface area contributed by atoms with E-state index in [1.165, 1.54) is 24.2 Å². The van der Waals surface area contributed by atoms with Crippen LogP contribution in [0.3, 0.4) is 0 Å². The van der Waals surface area contributed by atoms with E-state index in [1.807, 2.05) is 0 Å². The summed E-state index contributed by atoms with van der Waals surface area (Å²) in [6.07, 6.45) is 6.64. The minimum atomic E-state index is -0.748. The van der Waals surface area contributed by atoms with E-state index in [9.17, 15) is 9.90 Å². The average molecular weight is 297 g/mol. The quantitative estimate of drug-likeness (QED) is 0.718. The van der Waals surface area contributed by atoms with Crippen molar-refractivity contribution in [1.29, 1.82) is 0 Å². The highest BCUT2D eigenvalue weighted by Crippen LogP contribution is 2.26. The molecule has 0 bridgehead atoms. The number of nitrogens with zero attached hydrogens (tertiary/aromatic N) is 1. The number of carbonyl (C=O) groups excluding carboxylic acids is 1. The summed E-state index contributed by atoms with van der Waals surface area (Å²) < 4.78 is 0. The van der Waals surface area contributed by atoms with Crippen molar-refractivity contribution in [3.05, 3.63) is 16.1 Å². The van der Waals surface area contributed by atoms with Gasteiger partial charge in [-0.25, -0.2) is 4.98 Å². The Kier molecular flexibility index (Phi) is 5.51. The predicted molar refractivity (Wildman–Crippen MR) is 79.9 cm³/mol. The van der Waals surface area contributed by atoms with Crippen LogP contribution in [0.15, 0.2) is 5.38 Å². The minimum Gasteiger partial charge on any atom is -0.388 e. The summed E-state index contributed by atoms with van der Waals surface area (Å²) in [7, 11) is 0. The number of hydrogen-bond donors (Lipinski definition) is 3. The van der Waals surface area contributed by atoms with Crippen LogP contribution in [0.5, 0.6) is 0 Å². The monoisotopic (exact) mass is 297 g/mol. The summed E-state index contributed by atoms with van der Waals surface area (Å²) in [4.78, 5) is 16.3. The lowest BCUT2D eigenvalue weighted by Crippen LogP contribution is -2.42. The minimum absolute atomic E-state index is 0.206. The third-order valence-corrected chi connectivity index (χ3v) is 4.66. The summed E-state index contributed by atoms with van der Waals surface area (Å²) >= 11 is 1.45. The zero-order valence-electron chi connectivity index (χ0n) is 11.7. The van der Waals surface area contributed by atoms with Gasteiger partial charge in [-0.1, -0.05) is 25.7 Å². The van der Waals surface area contributed by atoms with Crippen molar-refractivity contribution in [3.63, 3.8) is 0 Å². The van der Waals surface area contributed by atoms with Crippen LogP contribution < -0.4 is 11.1 Å². The zero-order valence-corrected chi connectivity index (χ0v) is 12.5.